The van der Waals surface area contributed by atoms with Gasteiger partial charge in [0.25, 0.3) is 0 Å². The molecule has 0 saturated carbocycles. The second kappa shape index (κ2) is 5.52. The lowest BCUT2D eigenvalue weighted by molar-refractivity contribution is 0.0684. The molecule has 19 heavy (non-hydrogen) atoms. The second-order valence-electron chi connectivity index (χ2n) is 4.32. The minimum atomic E-state index is -1.08. The lowest BCUT2D eigenvalue weighted by Crippen LogP contribution is -2.08. The van der Waals surface area contributed by atoms with E-state index in [4.69, 9.17) is 9.84 Å². The van der Waals surface area contributed by atoms with E-state index in [-0.39, 0.29) is 5.69 Å². The molecule has 4 heteroatoms. The summed E-state index contributed by atoms with van der Waals surface area (Å²) in [6, 6.07) is 9.61. The molecule has 0 bridgehead atoms. The smallest absolute Gasteiger partial charge is 0.358 e. The summed E-state index contributed by atoms with van der Waals surface area (Å²) in [5, 5.41) is 9.14. The van der Waals surface area contributed by atoms with Gasteiger partial charge in [0.1, 0.15) is 6.61 Å². The number of carboxylic acids is 1. The molecule has 2 rings (SSSR count). The molecule has 0 saturated heterocycles. The number of aromatic nitrogens is 1. The molecular formula is C15H15NO3. The van der Waals surface area contributed by atoms with Gasteiger partial charge in [0, 0.05) is 6.20 Å². The van der Waals surface area contributed by atoms with E-state index in [1.54, 1.807) is 6.20 Å². The molecule has 0 fully saturated rings. The van der Waals surface area contributed by atoms with Gasteiger partial charge in [0.15, 0.2) is 11.4 Å². The number of pyridine rings is 1. The van der Waals surface area contributed by atoms with Crippen LogP contribution in [0.25, 0.3) is 0 Å². The Morgan fingerprint density at radius 2 is 1.95 bits per heavy atom. The number of carbonyl (C=O) groups is 1. The summed E-state index contributed by atoms with van der Waals surface area (Å²) in [6.07, 6.45) is 1.55. The van der Waals surface area contributed by atoms with Crippen LogP contribution in [0, 0.1) is 13.8 Å². The third-order valence-electron chi connectivity index (χ3n) is 2.96. The Bertz CT molecular complexity index is 594. The van der Waals surface area contributed by atoms with E-state index in [2.05, 4.69) is 4.98 Å². The van der Waals surface area contributed by atoms with Crippen molar-refractivity contribution in [3.05, 3.63) is 58.9 Å². The molecule has 0 radical (unpaired) electrons. The van der Waals surface area contributed by atoms with Gasteiger partial charge in [-0.05, 0) is 30.5 Å². The number of hydrogen-bond acceptors (Lipinski definition) is 3. The van der Waals surface area contributed by atoms with Gasteiger partial charge in [-0.15, -0.1) is 0 Å². The molecule has 2 aromatic rings. The largest absolute Gasteiger partial charge is 0.486 e. The maximum Gasteiger partial charge on any atom is 0.358 e. The van der Waals surface area contributed by atoms with Gasteiger partial charge in [-0.25, -0.2) is 9.78 Å². The first-order valence-corrected chi connectivity index (χ1v) is 5.96. The van der Waals surface area contributed by atoms with Crippen LogP contribution in [-0.2, 0) is 6.61 Å². The Morgan fingerprint density at radius 1 is 1.26 bits per heavy atom. The fourth-order valence-electron chi connectivity index (χ4n) is 1.73. The van der Waals surface area contributed by atoms with E-state index in [1.807, 2.05) is 44.2 Å². The molecule has 1 N–H and O–H groups in total. The summed E-state index contributed by atoms with van der Waals surface area (Å²) >= 11 is 0. The van der Waals surface area contributed by atoms with Crippen molar-refractivity contribution in [2.75, 3.05) is 0 Å². The van der Waals surface area contributed by atoms with Gasteiger partial charge in [-0.1, -0.05) is 30.3 Å². The minimum Gasteiger partial charge on any atom is -0.486 e. The zero-order valence-electron chi connectivity index (χ0n) is 10.9. The fourth-order valence-corrected chi connectivity index (χ4v) is 1.73. The standard InChI is InChI=1S/C15H15NO3/c1-10-8-16-13(15(17)18)14(11(10)2)19-9-12-6-4-3-5-7-12/h3-8H,9H2,1-2H3,(H,17,18). The first kappa shape index (κ1) is 13.1. The van der Waals surface area contributed by atoms with Crippen molar-refractivity contribution in [3.63, 3.8) is 0 Å². The quantitative estimate of drug-likeness (QED) is 0.914. The Kier molecular flexibility index (Phi) is 3.80. The van der Waals surface area contributed by atoms with Crippen LogP contribution in [0.15, 0.2) is 36.5 Å². The highest BCUT2D eigenvalue weighted by molar-refractivity contribution is 5.89. The van der Waals surface area contributed by atoms with E-state index >= 15 is 0 Å². The molecule has 1 aromatic carbocycles. The SMILES string of the molecule is Cc1cnc(C(=O)O)c(OCc2ccccc2)c1C. The molecule has 0 amide bonds. The van der Waals surface area contributed by atoms with Gasteiger partial charge in [-0.2, -0.15) is 0 Å². The van der Waals surface area contributed by atoms with Gasteiger partial charge in [-0.3, -0.25) is 0 Å². The van der Waals surface area contributed by atoms with Crippen molar-refractivity contribution in [1.82, 2.24) is 4.98 Å². The molecule has 4 nitrogen and oxygen atoms in total. The molecule has 0 aliphatic rings. The van der Waals surface area contributed by atoms with Crippen LogP contribution in [-0.4, -0.2) is 16.1 Å². The Morgan fingerprint density at radius 3 is 2.58 bits per heavy atom. The minimum absolute atomic E-state index is 0.0426. The Hall–Kier alpha value is -2.36. The van der Waals surface area contributed by atoms with Crippen molar-refractivity contribution in [1.29, 1.82) is 0 Å². The summed E-state index contributed by atoms with van der Waals surface area (Å²) in [5.74, 6) is -0.734. The first-order chi connectivity index (χ1) is 9.09. The lowest BCUT2D eigenvalue weighted by Gasteiger charge is -2.13. The maximum atomic E-state index is 11.2. The fraction of sp³-hybridized carbons (Fsp3) is 0.200. The third kappa shape index (κ3) is 2.91. The predicted molar refractivity (Wildman–Crippen MR) is 71.4 cm³/mol. The third-order valence-corrected chi connectivity index (χ3v) is 2.96. The van der Waals surface area contributed by atoms with Crippen molar-refractivity contribution in [2.45, 2.75) is 20.5 Å². The lowest BCUT2D eigenvalue weighted by atomic mass is 10.1. The number of aryl methyl sites for hydroxylation is 1. The summed E-state index contributed by atoms with van der Waals surface area (Å²) < 4.78 is 5.65. The summed E-state index contributed by atoms with van der Waals surface area (Å²) in [7, 11) is 0. The highest BCUT2D eigenvalue weighted by atomic mass is 16.5. The van der Waals surface area contributed by atoms with Crippen LogP contribution in [0.4, 0.5) is 0 Å². The highest BCUT2D eigenvalue weighted by Gasteiger charge is 2.17. The number of aromatic carboxylic acids is 1. The Labute approximate surface area is 111 Å². The molecule has 0 aliphatic heterocycles. The predicted octanol–water partition coefficient (Wildman–Crippen LogP) is 2.98. The zero-order valence-corrected chi connectivity index (χ0v) is 10.9. The van der Waals surface area contributed by atoms with Crippen molar-refractivity contribution in [2.24, 2.45) is 0 Å². The molecule has 0 atom stereocenters. The van der Waals surface area contributed by atoms with Crippen molar-refractivity contribution >= 4 is 5.97 Å². The van der Waals surface area contributed by atoms with E-state index < -0.39 is 5.97 Å². The highest BCUT2D eigenvalue weighted by Crippen LogP contribution is 2.25. The number of carboxylic acid groups (broad SMARTS) is 1. The van der Waals surface area contributed by atoms with Crippen LogP contribution in [0.3, 0.4) is 0 Å². The van der Waals surface area contributed by atoms with Crippen LogP contribution >= 0.6 is 0 Å². The monoisotopic (exact) mass is 257 g/mol. The molecule has 0 unspecified atom stereocenters. The molecule has 0 spiro atoms. The van der Waals surface area contributed by atoms with Gasteiger partial charge >= 0.3 is 5.97 Å². The van der Waals surface area contributed by atoms with E-state index in [1.165, 1.54) is 0 Å². The summed E-state index contributed by atoms with van der Waals surface area (Å²) in [4.78, 5) is 15.1. The van der Waals surface area contributed by atoms with Crippen molar-refractivity contribution < 1.29 is 14.6 Å². The first-order valence-electron chi connectivity index (χ1n) is 5.96. The Balaban J connectivity index is 2.28. The van der Waals surface area contributed by atoms with Crippen LogP contribution in [0.5, 0.6) is 5.75 Å². The maximum absolute atomic E-state index is 11.2. The molecule has 1 heterocycles. The number of benzene rings is 1. The average Bonchev–Trinajstić information content (AvgIpc) is 2.41. The molecule has 0 aliphatic carbocycles. The topological polar surface area (TPSA) is 59.4 Å². The number of rotatable bonds is 4. The normalized spacial score (nSPS) is 10.2. The molecule has 98 valence electrons. The van der Waals surface area contributed by atoms with E-state index in [0.29, 0.717) is 12.4 Å². The van der Waals surface area contributed by atoms with E-state index in [9.17, 15) is 4.79 Å². The van der Waals surface area contributed by atoms with E-state index in [0.717, 1.165) is 16.7 Å². The molecular weight excluding hydrogens is 242 g/mol. The van der Waals surface area contributed by atoms with Crippen LogP contribution in [0.1, 0.15) is 27.2 Å². The summed E-state index contributed by atoms with van der Waals surface area (Å²) in [5.41, 5.74) is 2.66. The second-order valence-corrected chi connectivity index (χ2v) is 4.32. The van der Waals surface area contributed by atoms with Gasteiger partial charge in [0.05, 0.1) is 0 Å². The van der Waals surface area contributed by atoms with Gasteiger partial charge in [0.2, 0.25) is 0 Å². The number of ether oxygens (including phenoxy) is 1. The van der Waals surface area contributed by atoms with Crippen LogP contribution < -0.4 is 4.74 Å². The van der Waals surface area contributed by atoms with Crippen LogP contribution in [0.2, 0.25) is 0 Å². The average molecular weight is 257 g/mol. The number of nitrogens with zero attached hydrogens (tertiary/aromatic N) is 1. The van der Waals surface area contributed by atoms with Gasteiger partial charge < -0.3 is 9.84 Å². The molecule has 1 aromatic heterocycles. The summed E-state index contributed by atoms with van der Waals surface area (Å²) in [6.45, 7) is 4.04. The zero-order chi connectivity index (χ0) is 13.8. The van der Waals surface area contributed by atoms with Crippen molar-refractivity contribution in [3.8, 4) is 5.75 Å². The number of hydrogen-bond donors (Lipinski definition) is 1.